The van der Waals surface area contributed by atoms with Gasteiger partial charge in [0.25, 0.3) is 0 Å². The summed E-state index contributed by atoms with van der Waals surface area (Å²) in [7, 11) is 0. The van der Waals surface area contributed by atoms with Gasteiger partial charge in [-0.3, -0.25) is 9.69 Å². The fourth-order valence-corrected chi connectivity index (χ4v) is 3.66. The Kier molecular flexibility index (Phi) is 6.34. The second kappa shape index (κ2) is 8.90. The number of carbonyl (C=O) groups excluding carboxylic acids is 1. The summed E-state index contributed by atoms with van der Waals surface area (Å²) >= 11 is 0. The molecule has 140 valence electrons. The molecule has 0 spiro atoms. The standard InChI is InChI=1S/C21H28N2O3/c1-16-7-2-4-10-19(16)22-21(25)15-23(14-18-9-6-12-26-18)13-17-8-3-5-11-20(17)24/h3,5-6,8-9,11-12,16,19,24H,2,4,7,10,13-15H2,1H3,(H,22,25). The van der Waals surface area contributed by atoms with Crippen LogP contribution >= 0.6 is 0 Å². The summed E-state index contributed by atoms with van der Waals surface area (Å²) in [5.41, 5.74) is 0.804. The second-order valence-electron chi connectivity index (χ2n) is 7.29. The van der Waals surface area contributed by atoms with Crippen LogP contribution in [0, 0.1) is 5.92 Å². The number of benzene rings is 1. The monoisotopic (exact) mass is 356 g/mol. The molecule has 0 radical (unpaired) electrons. The molecule has 0 saturated heterocycles. The van der Waals surface area contributed by atoms with Crippen LogP contribution in [0.25, 0.3) is 0 Å². The van der Waals surface area contributed by atoms with Crippen molar-refractivity contribution in [2.75, 3.05) is 6.54 Å². The summed E-state index contributed by atoms with van der Waals surface area (Å²) in [5, 5.41) is 13.3. The molecule has 1 fully saturated rings. The number of phenolic OH excluding ortho intramolecular Hbond substituents is 1. The summed E-state index contributed by atoms with van der Waals surface area (Å²) < 4.78 is 5.44. The highest BCUT2D eigenvalue weighted by molar-refractivity contribution is 5.78. The van der Waals surface area contributed by atoms with E-state index in [1.54, 1.807) is 18.4 Å². The molecule has 1 heterocycles. The zero-order valence-corrected chi connectivity index (χ0v) is 15.4. The first-order valence-corrected chi connectivity index (χ1v) is 9.43. The van der Waals surface area contributed by atoms with E-state index in [-0.39, 0.29) is 24.2 Å². The molecule has 1 aromatic heterocycles. The average Bonchev–Trinajstić information content (AvgIpc) is 3.12. The number of rotatable bonds is 7. The van der Waals surface area contributed by atoms with E-state index in [9.17, 15) is 9.90 Å². The van der Waals surface area contributed by atoms with Gasteiger partial charge in [-0.15, -0.1) is 0 Å². The van der Waals surface area contributed by atoms with Gasteiger partial charge in [0.2, 0.25) is 5.91 Å². The molecule has 3 rings (SSSR count). The van der Waals surface area contributed by atoms with Crippen LogP contribution in [0.5, 0.6) is 5.75 Å². The van der Waals surface area contributed by atoms with Crippen molar-refractivity contribution >= 4 is 5.91 Å². The van der Waals surface area contributed by atoms with Crippen LogP contribution in [0.15, 0.2) is 47.1 Å². The number of hydrogen-bond donors (Lipinski definition) is 2. The molecule has 0 bridgehead atoms. The lowest BCUT2D eigenvalue weighted by Gasteiger charge is -2.30. The molecule has 1 aliphatic carbocycles. The molecule has 5 heteroatoms. The van der Waals surface area contributed by atoms with Gasteiger partial charge in [0, 0.05) is 18.2 Å². The Balaban J connectivity index is 1.64. The molecule has 1 amide bonds. The summed E-state index contributed by atoms with van der Waals surface area (Å²) in [4.78, 5) is 14.6. The Morgan fingerprint density at radius 1 is 1.19 bits per heavy atom. The Labute approximate surface area is 155 Å². The molecule has 1 aliphatic rings. The van der Waals surface area contributed by atoms with Crippen LogP contribution in [0.2, 0.25) is 0 Å². The highest BCUT2D eigenvalue weighted by atomic mass is 16.3. The van der Waals surface area contributed by atoms with Gasteiger partial charge >= 0.3 is 0 Å². The molecular weight excluding hydrogens is 328 g/mol. The topological polar surface area (TPSA) is 65.7 Å². The van der Waals surface area contributed by atoms with E-state index < -0.39 is 0 Å². The largest absolute Gasteiger partial charge is 0.508 e. The molecule has 2 atom stereocenters. The number of nitrogens with zero attached hydrogens (tertiary/aromatic N) is 1. The number of carbonyl (C=O) groups is 1. The maximum atomic E-state index is 12.6. The highest BCUT2D eigenvalue weighted by Crippen LogP contribution is 2.24. The van der Waals surface area contributed by atoms with Crippen LogP contribution in [-0.4, -0.2) is 28.5 Å². The summed E-state index contributed by atoms with van der Waals surface area (Å²) in [6, 6.07) is 11.3. The van der Waals surface area contributed by atoms with Crippen molar-refractivity contribution in [3.05, 3.63) is 54.0 Å². The van der Waals surface area contributed by atoms with Crippen molar-refractivity contribution in [2.24, 2.45) is 5.92 Å². The van der Waals surface area contributed by atoms with Crippen LogP contribution in [-0.2, 0) is 17.9 Å². The van der Waals surface area contributed by atoms with Crippen molar-refractivity contribution < 1.29 is 14.3 Å². The average molecular weight is 356 g/mol. The molecule has 1 saturated carbocycles. The number of hydrogen-bond acceptors (Lipinski definition) is 4. The minimum absolute atomic E-state index is 0.0331. The van der Waals surface area contributed by atoms with Crippen LogP contribution in [0.3, 0.4) is 0 Å². The number of phenols is 1. The Bertz CT molecular complexity index is 699. The van der Waals surface area contributed by atoms with E-state index in [1.165, 1.54) is 19.3 Å². The van der Waals surface area contributed by atoms with Gasteiger partial charge in [-0.05, 0) is 37.0 Å². The fourth-order valence-electron chi connectivity index (χ4n) is 3.66. The van der Waals surface area contributed by atoms with Crippen LogP contribution < -0.4 is 5.32 Å². The van der Waals surface area contributed by atoms with E-state index in [4.69, 9.17) is 4.42 Å². The fraction of sp³-hybridized carbons (Fsp3) is 0.476. The van der Waals surface area contributed by atoms with E-state index >= 15 is 0 Å². The smallest absolute Gasteiger partial charge is 0.234 e. The van der Waals surface area contributed by atoms with E-state index in [1.807, 2.05) is 29.2 Å². The van der Waals surface area contributed by atoms with Crippen LogP contribution in [0.1, 0.15) is 43.9 Å². The van der Waals surface area contributed by atoms with Crippen molar-refractivity contribution in [2.45, 2.75) is 51.7 Å². The first-order chi connectivity index (χ1) is 12.6. The van der Waals surface area contributed by atoms with Crippen molar-refractivity contribution in [1.29, 1.82) is 0 Å². The lowest BCUT2D eigenvalue weighted by atomic mass is 9.86. The van der Waals surface area contributed by atoms with Gasteiger partial charge in [-0.2, -0.15) is 0 Å². The molecule has 5 nitrogen and oxygen atoms in total. The molecule has 26 heavy (non-hydrogen) atoms. The zero-order valence-electron chi connectivity index (χ0n) is 15.4. The Morgan fingerprint density at radius 2 is 2.00 bits per heavy atom. The van der Waals surface area contributed by atoms with Gasteiger partial charge in [-0.1, -0.05) is 38.0 Å². The maximum Gasteiger partial charge on any atom is 0.234 e. The lowest BCUT2D eigenvalue weighted by molar-refractivity contribution is -0.123. The van der Waals surface area contributed by atoms with Gasteiger partial charge < -0.3 is 14.8 Å². The zero-order chi connectivity index (χ0) is 18.4. The Hall–Kier alpha value is -2.27. The third kappa shape index (κ3) is 5.11. The van der Waals surface area contributed by atoms with Crippen LogP contribution in [0.4, 0.5) is 0 Å². The third-order valence-corrected chi connectivity index (χ3v) is 5.17. The number of amides is 1. The van der Waals surface area contributed by atoms with Gasteiger partial charge in [0.1, 0.15) is 11.5 Å². The van der Waals surface area contributed by atoms with Crippen molar-refractivity contribution in [1.82, 2.24) is 10.2 Å². The van der Waals surface area contributed by atoms with E-state index in [0.717, 1.165) is 17.7 Å². The molecule has 2 N–H and O–H groups in total. The quantitative estimate of drug-likeness (QED) is 0.794. The normalized spacial score (nSPS) is 20.2. The molecule has 2 aromatic rings. The summed E-state index contributed by atoms with van der Waals surface area (Å²) in [5.74, 6) is 1.62. The van der Waals surface area contributed by atoms with E-state index in [0.29, 0.717) is 19.0 Å². The van der Waals surface area contributed by atoms with Gasteiger partial charge in [0.15, 0.2) is 0 Å². The predicted octanol–water partition coefficient (Wildman–Crippen LogP) is 3.68. The first-order valence-electron chi connectivity index (χ1n) is 9.43. The van der Waals surface area contributed by atoms with Crippen molar-refractivity contribution in [3.63, 3.8) is 0 Å². The summed E-state index contributed by atoms with van der Waals surface area (Å²) in [6.07, 6.45) is 6.31. The minimum atomic E-state index is 0.0331. The SMILES string of the molecule is CC1CCCCC1NC(=O)CN(Cc1ccco1)Cc1ccccc1O. The second-order valence-corrected chi connectivity index (χ2v) is 7.29. The maximum absolute atomic E-state index is 12.6. The van der Waals surface area contributed by atoms with Gasteiger partial charge in [-0.25, -0.2) is 0 Å². The molecule has 0 aliphatic heterocycles. The number of para-hydroxylation sites is 1. The van der Waals surface area contributed by atoms with Crippen molar-refractivity contribution in [3.8, 4) is 5.75 Å². The van der Waals surface area contributed by atoms with Gasteiger partial charge in [0.05, 0.1) is 19.4 Å². The number of aromatic hydroxyl groups is 1. The Morgan fingerprint density at radius 3 is 2.73 bits per heavy atom. The molecular formula is C21H28N2O3. The minimum Gasteiger partial charge on any atom is -0.508 e. The predicted molar refractivity (Wildman–Crippen MR) is 100 cm³/mol. The lowest BCUT2D eigenvalue weighted by Crippen LogP contribution is -2.45. The molecule has 2 unspecified atom stereocenters. The third-order valence-electron chi connectivity index (χ3n) is 5.17. The number of furan rings is 1. The molecule has 1 aromatic carbocycles. The number of nitrogens with one attached hydrogen (secondary N) is 1. The van der Waals surface area contributed by atoms with E-state index in [2.05, 4.69) is 12.2 Å². The highest BCUT2D eigenvalue weighted by Gasteiger charge is 2.24. The summed E-state index contributed by atoms with van der Waals surface area (Å²) in [6.45, 7) is 3.50. The first kappa shape index (κ1) is 18.5.